The van der Waals surface area contributed by atoms with Crippen LogP contribution in [0.3, 0.4) is 0 Å². The molecule has 1 amide bonds. The molecule has 2 N–H and O–H groups in total. The van der Waals surface area contributed by atoms with E-state index in [1.165, 1.54) is 12.1 Å². The van der Waals surface area contributed by atoms with E-state index in [0.29, 0.717) is 29.5 Å². The Kier molecular flexibility index (Phi) is 5.70. The summed E-state index contributed by atoms with van der Waals surface area (Å²) in [4.78, 5) is 12.5. The smallest absolute Gasteiger partial charge is 0.261 e. The van der Waals surface area contributed by atoms with E-state index < -0.39 is 10.0 Å². The van der Waals surface area contributed by atoms with Crippen LogP contribution in [0.1, 0.15) is 37.0 Å². The summed E-state index contributed by atoms with van der Waals surface area (Å²) in [5.74, 6) is 0.965. The zero-order valence-electron chi connectivity index (χ0n) is 15.4. The molecule has 6 nitrogen and oxygen atoms in total. The lowest BCUT2D eigenvalue weighted by atomic mass is 10.1. The van der Waals surface area contributed by atoms with Gasteiger partial charge in [0.1, 0.15) is 5.75 Å². The van der Waals surface area contributed by atoms with Crippen molar-refractivity contribution in [1.82, 2.24) is 5.32 Å². The van der Waals surface area contributed by atoms with Crippen LogP contribution in [0.2, 0.25) is 0 Å². The van der Waals surface area contributed by atoms with Gasteiger partial charge in [0.15, 0.2) is 0 Å². The summed E-state index contributed by atoms with van der Waals surface area (Å²) in [7, 11) is -3.75. The molecule has 7 heteroatoms. The second kappa shape index (κ2) is 8.00. The van der Waals surface area contributed by atoms with Crippen LogP contribution in [0.4, 0.5) is 5.69 Å². The Morgan fingerprint density at radius 2 is 1.89 bits per heavy atom. The largest absolute Gasteiger partial charge is 0.494 e. The molecule has 1 saturated carbocycles. The first-order valence-corrected chi connectivity index (χ1v) is 10.5. The maximum absolute atomic E-state index is 12.6. The van der Waals surface area contributed by atoms with Crippen molar-refractivity contribution in [1.29, 1.82) is 0 Å². The van der Waals surface area contributed by atoms with Crippen LogP contribution < -0.4 is 14.8 Å². The van der Waals surface area contributed by atoms with Crippen molar-refractivity contribution in [2.24, 2.45) is 5.92 Å². The highest BCUT2D eigenvalue weighted by atomic mass is 32.2. The van der Waals surface area contributed by atoms with Crippen LogP contribution in [-0.4, -0.2) is 27.0 Å². The molecule has 1 aliphatic rings. The van der Waals surface area contributed by atoms with E-state index in [2.05, 4.69) is 10.0 Å². The lowest BCUT2D eigenvalue weighted by Gasteiger charge is -2.14. The van der Waals surface area contributed by atoms with E-state index in [4.69, 9.17) is 4.74 Å². The van der Waals surface area contributed by atoms with Crippen molar-refractivity contribution >= 4 is 21.6 Å². The molecule has 0 radical (unpaired) electrons. The molecule has 0 unspecified atom stereocenters. The van der Waals surface area contributed by atoms with Crippen LogP contribution in [0, 0.1) is 5.92 Å². The molecule has 3 rings (SSSR count). The maximum Gasteiger partial charge on any atom is 0.261 e. The van der Waals surface area contributed by atoms with Crippen molar-refractivity contribution in [3.63, 3.8) is 0 Å². The number of anilines is 1. The number of ether oxygens (including phenoxy) is 1. The first-order chi connectivity index (χ1) is 12.9. The topological polar surface area (TPSA) is 84.5 Å². The van der Waals surface area contributed by atoms with Gasteiger partial charge in [0.25, 0.3) is 15.9 Å². The Hall–Kier alpha value is -2.54. The molecule has 27 heavy (non-hydrogen) atoms. The minimum Gasteiger partial charge on any atom is -0.494 e. The second-order valence-corrected chi connectivity index (χ2v) is 8.37. The van der Waals surface area contributed by atoms with E-state index in [1.807, 2.05) is 13.8 Å². The third-order valence-corrected chi connectivity index (χ3v) is 5.91. The van der Waals surface area contributed by atoms with Gasteiger partial charge in [-0.25, -0.2) is 8.42 Å². The van der Waals surface area contributed by atoms with E-state index in [-0.39, 0.29) is 16.8 Å². The van der Waals surface area contributed by atoms with Crippen LogP contribution >= 0.6 is 0 Å². The molecule has 2 aromatic rings. The van der Waals surface area contributed by atoms with E-state index in [1.54, 1.807) is 36.4 Å². The summed E-state index contributed by atoms with van der Waals surface area (Å²) >= 11 is 0. The zero-order chi connectivity index (χ0) is 19.4. The fourth-order valence-electron chi connectivity index (χ4n) is 2.82. The predicted molar refractivity (Wildman–Crippen MR) is 105 cm³/mol. The molecular weight excluding hydrogens is 364 g/mol. The third-order valence-electron chi connectivity index (χ3n) is 4.51. The van der Waals surface area contributed by atoms with Crippen molar-refractivity contribution in [2.45, 2.75) is 37.6 Å². The molecule has 0 spiro atoms. The Labute approximate surface area is 160 Å². The van der Waals surface area contributed by atoms with Gasteiger partial charge in [-0.15, -0.1) is 0 Å². The van der Waals surface area contributed by atoms with E-state index in [9.17, 15) is 13.2 Å². The molecule has 2 aromatic carbocycles. The standard InChI is InChI=1S/C20H24N2O4S/c1-3-26-18-9-11-19(12-10-18)27(24,25)22-17-6-4-5-16(13-17)20(23)21-14(2)15-7-8-15/h4-6,9-15,22H,3,7-8H2,1-2H3,(H,21,23)/t14-/m1/s1. The number of sulfonamides is 1. The highest BCUT2D eigenvalue weighted by Crippen LogP contribution is 2.32. The highest BCUT2D eigenvalue weighted by molar-refractivity contribution is 7.92. The van der Waals surface area contributed by atoms with Crippen molar-refractivity contribution < 1.29 is 17.9 Å². The number of hydrogen-bond acceptors (Lipinski definition) is 4. The van der Waals surface area contributed by atoms with Gasteiger partial charge < -0.3 is 10.1 Å². The van der Waals surface area contributed by atoms with E-state index in [0.717, 1.165) is 12.8 Å². The van der Waals surface area contributed by atoms with Crippen LogP contribution in [0.5, 0.6) is 5.75 Å². The lowest BCUT2D eigenvalue weighted by molar-refractivity contribution is 0.0936. The molecular formula is C20H24N2O4S. The van der Waals surface area contributed by atoms with Gasteiger partial charge in [0, 0.05) is 17.3 Å². The number of carbonyl (C=O) groups excluding carboxylic acids is 1. The number of amides is 1. The molecule has 0 bridgehead atoms. The Bertz CT molecular complexity index is 906. The Morgan fingerprint density at radius 1 is 1.19 bits per heavy atom. The molecule has 1 atom stereocenters. The van der Waals surface area contributed by atoms with Crippen LogP contribution in [0.25, 0.3) is 0 Å². The summed E-state index contributed by atoms with van der Waals surface area (Å²) in [6.07, 6.45) is 2.28. The quantitative estimate of drug-likeness (QED) is 0.726. The number of benzene rings is 2. The minimum atomic E-state index is -3.75. The average molecular weight is 388 g/mol. The number of hydrogen-bond donors (Lipinski definition) is 2. The molecule has 0 aromatic heterocycles. The van der Waals surface area contributed by atoms with Crippen molar-refractivity contribution in [3.05, 3.63) is 54.1 Å². The molecule has 1 aliphatic carbocycles. The lowest BCUT2D eigenvalue weighted by Crippen LogP contribution is -2.34. The summed E-state index contributed by atoms with van der Waals surface area (Å²) in [5.41, 5.74) is 0.769. The SMILES string of the molecule is CCOc1ccc(S(=O)(=O)Nc2cccc(C(=O)N[C@H](C)C3CC3)c2)cc1. The zero-order valence-corrected chi connectivity index (χ0v) is 16.3. The van der Waals surface area contributed by atoms with E-state index >= 15 is 0 Å². The molecule has 0 aliphatic heterocycles. The summed E-state index contributed by atoms with van der Waals surface area (Å²) < 4.78 is 33.0. The summed E-state index contributed by atoms with van der Waals surface area (Å²) in [5, 5.41) is 2.97. The second-order valence-electron chi connectivity index (χ2n) is 6.69. The molecule has 1 fully saturated rings. The van der Waals surface area contributed by atoms with Crippen molar-refractivity contribution in [2.75, 3.05) is 11.3 Å². The molecule has 0 saturated heterocycles. The average Bonchev–Trinajstić information content (AvgIpc) is 3.47. The van der Waals surface area contributed by atoms with Gasteiger partial charge in [-0.1, -0.05) is 6.07 Å². The van der Waals surface area contributed by atoms with Gasteiger partial charge in [-0.3, -0.25) is 9.52 Å². The predicted octanol–water partition coefficient (Wildman–Crippen LogP) is 3.41. The minimum absolute atomic E-state index is 0.127. The summed E-state index contributed by atoms with van der Waals surface area (Å²) in [6.45, 7) is 4.37. The third kappa shape index (κ3) is 5.01. The number of rotatable bonds is 8. The van der Waals surface area contributed by atoms with Gasteiger partial charge >= 0.3 is 0 Å². The molecule has 0 heterocycles. The maximum atomic E-state index is 12.6. The van der Waals surface area contributed by atoms with Crippen molar-refractivity contribution in [3.8, 4) is 5.75 Å². The molecule has 144 valence electrons. The normalized spacial score (nSPS) is 15.0. The van der Waals surface area contributed by atoms with Gasteiger partial charge in [-0.05, 0) is 75.1 Å². The van der Waals surface area contributed by atoms with Gasteiger partial charge in [-0.2, -0.15) is 0 Å². The monoisotopic (exact) mass is 388 g/mol. The fourth-order valence-corrected chi connectivity index (χ4v) is 3.87. The summed E-state index contributed by atoms with van der Waals surface area (Å²) in [6, 6.07) is 12.8. The fraction of sp³-hybridized carbons (Fsp3) is 0.350. The first kappa shape index (κ1) is 19.2. The van der Waals surface area contributed by atoms with Gasteiger partial charge in [0.2, 0.25) is 0 Å². The van der Waals surface area contributed by atoms with Crippen LogP contribution in [-0.2, 0) is 10.0 Å². The Balaban J connectivity index is 1.71. The number of nitrogens with one attached hydrogen (secondary N) is 2. The number of carbonyl (C=O) groups is 1. The first-order valence-electron chi connectivity index (χ1n) is 9.05. The Morgan fingerprint density at radius 3 is 2.52 bits per heavy atom. The van der Waals surface area contributed by atoms with Gasteiger partial charge in [0.05, 0.1) is 11.5 Å². The van der Waals surface area contributed by atoms with Crippen LogP contribution in [0.15, 0.2) is 53.4 Å². The highest BCUT2D eigenvalue weighted by Gasteiger charge is 2.29.